The summed E-state index contributed by atoms with van der Waals surface area (Å²) in [6.07, 6.45) is 11.4. The van der Waals surface area contributed by atoms with Gasteiger partial charge in [-0.2, -0.15) is 5.10 Å². The first-order valence-electron chi connectivity index (χ1n) is 14.7. The molecule has 42 heavy (non-hydrogen) atoms. The highest BCUT2D eigenvalue weighted by Crippen LogP contribution is 2.37. The summed E-state index contributed by atoms with van der Waals surface area (Å²) in [4.78, 5) is 14.3. The number of pyridine rings is 3. The minimum Gasteiger partial charge on any atom is -0.490 e. The van der Waals surface area contributed by atoms with E-state index in [4.69, 9.17) is 24.3 Å². The molecular formula is C31H34N8O3. The monoisotopic (exact) mass is 566 g/mol. The van der Waals surface area contributed by atoms with Gasteiger partial charge in [0.05, 0.1) is 37.0 Å². The van der Waals surface area contributed by atoms with Gasteiger partial charge in [-0.05, 0) is 48.9 Å². The van der Waals surface area contributed by atoms with Crippen molar-refractivity contribution in [1.29, 1.82) is 0 Å². The van der Waals surface area contributed by atoms with Crippen LogP contribution in [0.15, 0.2) is 55.1 Å². The first-order chi connectivity index (χ1) is 20.7. The van der Waals surface area contributed by atoms with Crippen LogP contribution in [0, 0.1) is 5.92 Å². The molecule has 216 valence electrons. The summed E-state index contributed by atoms with van der Waals surface area (Å²) in [6, 6.07) is 11.4. The average Bonchev–Trinajstić information content (AvgIpc) is 3.64. The van der Waals surface area contributed by atoms with Crippen LogP contribution in [-0.4, -0.2) is 86.8 Å². The Bertz CT molecular complexity index is 1680. The number of piperazine rings is 1. The molecule has 1 aliphatic carbocycles. The van der Waals surface area contributed by atoms with Gasteiger partial charge in [-0.1, -0.05) is 6.07 Å². The summed E-state index contributed by atoms with van der Waals surface area (Å²) in [6.45, 7) is 4.78. The molecule has 4 aliphatic rings. The molecule has 2 atom stereocenters. The van der Waals surface area contributed by atoms with E-state index in [2.05, 4.69) is 49.2 Å². The van der Waals surface area contributed by atoms with Gasteiger partial charge in [0.15, 0.2) is 5.65 Å². The topological polar surface area (TPSA) is 106 Å². The van der Waals surface area contributed by atoms with Crippen LogP contribution in [0.25, 0.3) is 27.7 Å². The largest absolute Gasteiger partial charge is 0.490 e. The van der Waals surface area contributed by atoms with Crippen molar-refractivity contribution in [1.82, 2.24) is 34.7 Å². The van der Waals surface area contributed by atoms with Gasteiger partial charge in [-0.25, -0.2) is 14.5 Å². The van der Waals surface area contributed by atoms with Gasteiger partial charge in [0.25, 0.3) is 0 Å². The number of methoxy groups -OCH3 is 1. The number of rotatable bonds is 11. The number of aromatic amines is 1. The zero-order chi connectivity index (χ0) is 28.0. The Kier molecular flexibility index (Phi) is 6.41. The standard InChI is InChI=1S/C31H34N8O3/c1-40-29-7-4-21(12-33-29)15-38-23-10-24(38)17-37(16-23)28-6-5-22(13-32-28)26-11-25(42-9-8-41-19-20-2-3-20)18-39-30(26)27-14-34-35-31(27)36-39/h4-7,11-14,18,20,23-24H,2-3,8-10,15-17,19H2,1H3,(H,35,36). The number of piperidine rings is 1. The molecule has 8 heterocycles. The third kappa shape index (κ3) is 4.82. The number of ether oxygens (including phenoxy) is 3. The Balaban J connectivity index is 0.981. The molecule has 4 fully saturated rings. The summed E-state index contributed by atoms with van der Waals surface area (Å²) in [7, 11) is 1.65. The minimum atomic E-state index is 0.499. The van der Waals surface area contributed by atoms with Crippen molar-refractivity contribution < 1.29 is 14.2 Å². The molecular weight excluding hydrogens is 532 g/mol. The Labute approximate surface area is 243 Å². The van der Waals surface area contributed by atoms with Crippen LogP contribution in [0.1, 0.15) is 24.8 Å². The Morgan fingerprint density at radius 2 is 1.90 bits per heavy atom. The number of H-pyrrole nitrogens is 1. The van der Waals surface area contributed by atoms with Gasteiger partial charge in [0, 0.05) is 67.9 Å². The zero-order valence-electron chi connectivity index (χ0n) is 23.6. The molecule has 9 rings (SSSR count). The summed E-state index contributed by atoms with van der Waals surface area (Å²) in [5.74, 6) is 3.16. The lowest BCUT2D eigenvalue weighted by Gasteiger charge is -2.56. The van der Waals surface area contributed by atoms with E-state index in [1.807, 2.05) is 35.4 Å². The maximum absolute atomic E-state index is 6.10. The van der Waals surface area contributed by atoms with Gasteiger partial charge in [0.2, 0.25) is 5.88 Å². The molecule has 0 radical (unpaired) electrons. The van der Waals surface area contributed by atoms with Gasteiger partial charge >= 0.3 is 0 Å². The minimum absolute atomic E-state index is 0.499. The van der Waals surface area contributed by atoms with Gasteiger partial charge in [-0.3, -0.25) is 10.00 Å². The summed E-state index contributed by atoms with van der Waals surface area (Å²) >= 11 is 0. The van der Waals surface area contributed by atoms with Crippen molar-refractivity contribution in [2.75, 3.05) is 44.9 Å². The van der Waals surface area contributed by atoms with E-state index in [1.165, 1.54) is 24.8 Å². The number of anilines is 1. The van der Waals surface area contributed by atoms with E-state index in [1.54, 1.807) is 7.11 Å². The Morgan fingerprint density at radius 3 is 2.67 bits per heavy atom. The summed E-state index contributed by atoms with van der Waals surface area (Å²) in [5, 5.41) is 12.9. The molecule has 2 unspecified atom stereocenters. The number of nitrogens with zero attached hydrogens (tertiary/aromatic N) is 7. The van der Waals surface area contributed by atoms with Crippen LogP contribution < -0.4 is 14.4 Å². The summed E-state index contributed by atoms with van der Waals surface area (Å²) < 4.78 is 18.9. The molecule has 1 N–H and O–H groups in total. The van der Waals surface area contributed by atoms with E-state index in [-0.39, 0.29) is 0 Å². The third-order valence-corrected chi connectivity index (χ3v) is 8.75. The molecule has 3 aliphatic heterocycles. The summed E-state index contributed by atoms with van der Waals surface area (Å²) in [5.41, 5.74) is 4.96. The first-order valence-corrected chi connectivity index (χ1v) is 14.7. The van der Waals surface area contributed by atoms with Gasteiger partial charge < -0.3 is 19.1 Å². The number of hydrogen-bond acceptors (Lipinski definition) is 9. The fraction of sp³-hybridized carbons (Fsp3) is 0.419. The predicted octanol–water partition coefficient (Wildman–Crippen LogP) is 3.94. The van der Waals surface area contributed by atoms with Crippen LogP contribution in [0.4, 0.5) is 5.82 Å². The second kappa shape index (κ2) is 10.6. The Morgan fingerprint density at radius 1 is 1.00 bits per heavy atom. The fourth-order valence-corrected chi connectivity index (χ4v) is 6.29. The highest BCUT2D eigenvalue weighted by Gasteiger charge is 2.44. The molecule has 1 saturated carbocycles. The van der Waals surface area contributed by atoms with Crippen LogP contribution in [0.3, 0.4) is 0 Å². The van der Waals surface area contributed by atoms with E-state index in [9.17, 15) is 0 Å². The van der Waals surface area contributed by atoms with E-state index >= 15 is 0 Å². The molecule has 0 amide bonds. The molecule has 5 aromatic rings. The van der Waals surface area contributed by atoms with Crippen molar-refractivity contribution in [3.8, 4) is 22.8 Å². The van der Waals surface area contributed by atoms with Crippen LogP contribution in [-0.2, 0) is 11.3 Å². The second-order valence-electron chi connectivity index (χ2n) is 11.6. The molecule has 11 heteroatoms. The molecule has 2 bridgehead atoms. The zero-order valence-corrected chi connectivity index (χ0v) is 23.6. The highest BCUT2D eigenvalue weighted by molar-refractivity contribution is 6.00. The molecule has 11 nitrogen and oxygen atoms in total. The maximum atomic E-state index is 6.10. The SMILES string of the molecule is COc1ccc(CN2C3CC2CN(c2ccc(-c4cc(OCCOCC5CC5)cn5nc6[nH]ncc6c45)cn2)C3)cn1. The Hall–Kier alpha value is -4.22. The smallest absolute Gasteiger partial charge is 0.212 e. The van der Waals surface area contributed by atoms with E-state index < -0.39 is 0 Å². The fourth-order valence-electron chi connectivity index (χ4n) is 6.29. The van der Waals surface area contributed by atoms with E-state index in [0.29, 0.717) is 31.2 Å². The van der Waals surface area contributed by atoms with Gasteiger partial charge in [-0.15, -0.1) is 5.10 Å². The maximum Gasteiger partial charge on any atom is 0.212 e. The van der Waals surface area contributed by atoms with Gasteiger partial charge in [0.1, 0.15) is 18.2 Å². The molecule has 0 aromatic carbocycles. The first kappa shape index (κ1) is 25.5. The van der Waals surface area contributed by atoms with Crippen molar-refractivity contribution in [2.24, 2.45) is 5.92 Å². The highest BCUT2D eigenvalue weighted by atomic mass is 16.5. The lowest BCUT2D eigenvalue weighted by atomic mass is 9.87. The predicted molar refractivity (Wildman–Crippen MR) is 158 cm³/mol. The van der Waals surface area contributed by atoms with Crippen LogP contribution in [0.2, 0.25) is 0 Å². The van der Waals surface area contributed by atoms with E-state index in [0.717, 1.165) is 71.4 Å². The van der Waals surface area contributed by atoms with Crippen molar-refractivity contribution in [3.63, 3.8) is 0 Å². The van der Waals surface area contributed by atoms with Crippen LogP contribution >= 0.6 is 0 Å². The number of nitrogens with one attached hydrogen (secondary N) is 1. The number of fused-ring (bicyclic) bond motifs is 5. The normalized spacial score (nSPS) is 20.3. The lowest BCUT2D eigenvalue weighted by molar-refractivity contribution is -0.00876. The number of aromatic nitrogens is 6. The molecule has 0 spiro atoms. The van der Waals surface area contributed by atoms with Crippen molar-refractivity contribution in [2.45, 2.75) is 37.9 Å². The second-order valence-corrected chi connectivity index (χ2v) is 11.6. The molecule has 5 aromatic heterocycles. The third-order valence-electron chi connectivity index (χ3n) is 8.75. The number of hydrogen-bond donors (Lipinski definition) is 1. The molecule has 3 saturated heterocycles. The van der Waals surface area contributed by atoms with Crippen molar-refractivity contribution >= 4 is 22.4 Å². The van der Waals surface area contributed by atoms with Crippen LogP contribution in [0.5, 0.6) is 11.6 Å². The average molecular weight is 567 g/mol. The van der Waals surface area contributed by atoms with Crippen molar-refractivity contribution in [3.05, 3.63) is 60.7 Å². The quantitative estimate of drug-likeness (QED) is 0.238. The lowest BCUT2D eigenvalue weighted by Crippen LogP contribution is -2.68.